The molecule has 0 saturated carbocycles. The molecule has 0 bridgehead atoms. The molecule has 0 aliphatic heterocycles. The number of ether oxygens (including phenoxy) is 2. The number of para-hydroxylation sites is 1. The molecule has 5 nitrogen and oxygen atoms in total. The van der Waals surface area contributed by atoms with Crippen molar-refractivity contribution in [1.82, 2.24) is 0 Å². The molecular formula is C18H19NO4. The smallest absolute Gasteiger partial charge is 0.310 e. The van der Waals surface area contributed by atoms with Crippen LogP contribution in [0, 0.1) is 0 Å². The summed E-state index contributed by atoms with van der Waals surface area (Å²) in [7, 11) is 1.58. The van der Waals surface area contributed by atoms with Gasteiger partial charge in [-0.25, -0.2) is 0 Å². The van der Waals surface area contributed by atoms with Crippen LogP contribution < -0.4 is 10.1 Å². The summed E-state index contributed by atoms with van der Waals surface area (Å²) in [6, 6.07) is 14.5. The molecule has 23 heavy (non-hydrogen) atoms. The van der Waals surface area contributed by atoms with Gasteiger partial charge < -0.3 is 14.8 Å². The SMILES string of the molecule is COc1ccccc1COC(=O)Cc1ccc(NC(C)=O)cc1. The van der Waals surface area contributed by atoms with Crippen molar-refractivity contribution in [1.29, 1.82) is 0 Å². The molecule has 0 aromatic heterocycles. The van der Waals surface area contributed by atoms with E-state index in [1.807, 2.05) is 24.3 Å². The van der Waals surface area contributed by atoms with E-state index in [0.29, 0.717) is 11.4 Å². The molecule has 0 aliphatic rings. The molecule has 2 aromatic carbocycles. The van der Waals surface area contributed by atoms with Crippen LogP contribution in [0.25, 0.3) is 0 Å². The van der Waals surface area contributed by atoms with Crippen LogP contribution in [0.4, 0.5) is 5.69 Å². The Morgan fingerprint density at radius 1 is 1.04 bits per heavy atom. The molecular weight excluding hydrogens is 294 g/mol. The second kappa shape index (κ2) is 7.98. The third-order valence-corrected chi connectivity index (χ3v) is 3.20. The topological polar surface area (TPSA) is 64.6 Å². The maximum atomic E-state index is 11.9. The highest BCUT2D eigenvalue weighted by Crippen LogP contribution is 2.18. The highest BCUT2D eigenvalue weighted by atomic mass is 16.5. The van der Waals surface area contributed by atoms with E-state index in [1.165, 1.54) is 6.92 Å². The van der Waals surface area contributed by atoms with Gasteiger partial charge in [0.15, 0.2) is 0 Å². The number of amides is 1. The maximum Gasteiger partial charge on any atom is 0.310 e. The number of methoxy groups -OCH3 is 1. The number of hydrogen-bond acceptors (Lipinski definition) is 4. The molecule has 0 fully saturated rings. The first-order chi connectivity index (χ1) is 11.1. The van der Waals surface area contributed by atoms with Crippen molar-refractivity contribution in [2.75, 3.05) is 12.4 Å². The van der Waals surface area contributed by atoms with Crippen LogP contribution in [-0.4, -0.2) is 19.0 Å². The summed E-state index contributed by atoms with van der Waals surface area (Å²) >= 11 is 0. The van der Waals surface area contributed by atoms with Crippen molar-refractivity contribution >= 4 is 17.6 Å². The number of anilines is 1. The van der Waals surface area contributed by atoms with Gasteiger partial charge in [0, 0.05) is 18.2 Å². The normalized spacial score (nSPS) is 10.0. The van der Waals surface area contributed by atoms with Crippen LogP contribution in [0.1, 0.15) is 18.1 Å². The first kappa shape index (κ1) is 16.5. The molecule has 1 amide bonds. The summed E-state index contributed by atoms with van der Waals surface area (Å²) in [5, 5.41) is 2.68. The summed E-state index contributed by atoms with van der Waals surface area (Å²) < 4.78 is 10.5. The van der Waals surface area contributed by atoms with Gasteiger partial charge in [-0.1, -0.05) is 30.3 Å². The molecule has 2 rings (SSSR count). The summed E-state index contributed by atoms with van der Waals surface area (Å²) in [4.78, 5) is 22.9. The minimum Gasteiger partial charge on any atom is -0.496 e. The molecule has 2 aromatic rings. The average Bonchev–Trinajstić information content (AvgIpc) is 2.54. The van der Waals surface area contributed by atoms with Crippen molar-refractivity contribution in [3.8, 4) is 5.75 Å². The van der Waals surface area contributed by atoms with Gasteiger partial charge in [0.2, 0.25) is 5.91 Å². The fraction of sp³-hybridized carbons (Fsp3) is 0.222. The van der Waals surface area contributed by atoms with Crippen molar-refractivity contribution in [3.05, 3.63) is 59.7 Å². The number of esters is 1. The van der Waals surface area contributed by atoms with E-state index in [0.717, 1.165) is 11.1 Å². The van der Waals surface area contributed by atoms with Gasteiger partial charge >= 0.3 is 5.97 Å². The van der Waals surface area contributed by atoms with Crippen molar-refractivity contribution in [2.24, 2.45) is 0 Å². The van der Waals surface area contributed by atoms with Gasteiger partial charge in [0.25, 0.3) is 0 Å². The number of carbonyl (C=O) groups is 2. The predicted molar refractivity (Wildman–Crippen MR) is 87.2 cm³/mol. The molecule has 0 spiro atoms. The molecule has 5 heteroatoms. The molecule has 120 valence electrons. The Bertz CT molecular complexity index is 680. The number of benzene rings is 2. The molecule has 0 heterocycles. The van der Waals surface area contributed by atoms with E-state index in [4.69, 9.17) is 9.47 Å². The predicted octanol–water partition coefficient (Wildman–Crippen LogP) is 2.94. The Morgan fingerprint density at radius 3 is 2.39 bits per heavy atom. The quantitative estimate of drug-likeness (QED) is 0.833. The first-order valence-corrected chi connectivity index (χ1v) is 7.22. The molecule has 1 N–H and O–H groups in total. The lowest BCUT2D eigenvalue weighted by atomic mass is 10.1. The average molecular weight is 313 g/mol. The Morgan fingerprint density at radius 2 is 1.74 bits per heavy atom. The van der Waals surface area contributed by atoms with E-state index in [-0.39, 0.29) is 24.9 Å². The van der Waals surface area contributed by atoms with Crippen molar-refractivity contribution < 1.29 is 19.1 Å². The van der Waals surface area contributed by atoms with E-state index in [9.17, 15) is 9.59 Å². The summed E-state index contributed by atoms with van der Waals surface area (Å²) in [6.07, 6.45) is 0.176. The lowest BCUT2D eigenvalue weighted by molar-refractivity contribution is -0.144. The van der Waals surface area contributed by atoms with Crippen LogP contribution in [0.5, 0.6) is 5.75 Å². The van der Waals surface area contributed by atoms with Gasteiger partial charge in [0.1, 0.15) is 12.4 Å². The van der Waals surface area contributed by atoms with E-state index in [2.05, 4.69) is 5.32 Å². The lowest BCUT2D eigenvalue weighted by Crippen LogP contribution is -2.09. The Hall–Kier alpha value is -2.82. The third-order valence-electron chi connectivity index (χ3n) is 3.20. The van der Waals surface area contributed by atoms with Crippen LogP contribution in [0.15, 0.2) is 48.5 Å². The molecule has 0 aliphatic carbocycles. The van der Waals surface area contributed by atoms with Crippen LogP contribution in [0.2, 0.25) is 0 Å². The maximum absolute atomic E-state index is 11.9. The second-order valence-corrected chi connectivity index (χ2v) is 5.03. The minimum absolute atomic E-state index is 0.131. The van der Waals surface area contributed by atoms with Crippen LogP contribution in [0.3, 0.4) is 0 Å². The van der Waals surface area contributed by atoms with Gasteiger partial charge in [-0.05, 0) is 23.8 Å². The molecule has 0 atom stereocenters. The minimum atomic E-state index is -0.316. The number of nitrogens with one attached hydrogen (secondary N) is 1. The highest BCUT2D eigenvalue weighted by Gasteiger charge is 2.08. The Kier molecular flexibility index (Phi) is 5.74. The molecule has 0 saturated heterocycles. The van der Waals surface area contributed by atoms with E-state index >= 15 is 0 Å². The van der Waals surface area contributed by atoms with Gasteiger partial charge in [-0.2, -0.15) is 0 Å². The number of carbonyl (C=O) groups excluding carboxylic acids is 2. The Labute approximate surface area is 135 Å². The number of hydrogen-bond donors (Lipinski definition) is 1. The zero-order chi connectivity index (χ0) is 16.7. The van der Waals surface area contributed by atoms with Crippen molar-refractivity contribution in [2.45, 2.75) is 20.0 Å². The second-order valence-electron chi connectivity index (χ2n) is 5.03. The number of rotatable bonds is 6. The van der Waals surface area contributed by atoms with E-state index in [1.54, 1.807) is 31.4 Å². The first-order valence-electron chi connectivity index (χ1n) is 7.22. The van der Waals surface area contributed by atoms with Crippen molar-refractivity contribution in [3.63, 3.8) is 0 Å². The largest absolute Gasteiger partial charge is 0.496 e. The highest BCUT2D eigenvalue weighted by molar-refractivity contribution is 5.88. The molecule has 0 radical (unpaired) electrons. The van der Waals surface area contributed by atoms with Gasteiger partial charge in [-0.15, -0.1) is 0 Å². The summed E-state index contributed by atoms with van der Waals surface area (Å²) in [6.45, 7) is 1.62. The zero-order valence-corrected chi connectivity index (χ0v) is 13.2. The fourth-order valence-corrected chi connectivity index (χ4v) is 2.11. The fourth-order valence-electron chi connectivity index (χ4n) is 2.11. The van der Waals surface area contributed by atoms with Crippen LogP contribution >= 0.6 is 0 Å². The standard InChI is InChI=1S/C18H19NO4/c1-13(20)19-16-9-7-14(8-10-16)11-18(21)23-12-15-5-3-4-6-17(15)22-2/h3-10H,11-12H2,1-2H3,(H,19,20). The summed E-state index contributed by atoms with van der Waals surface area (Å²) in [5.41, 5.74) is 2.34. The molecule has 0 unspecified atom stereocenters. The Balaban J connectivity index is 1.88. The third kappa shape index (κ3) is 5.14. The monoisotopic (exact) mass is 313 g/mol. The van der Waals surface area contributed by atoms with Gasteiger partial charge in [0.05, 0.1) is 13.5 Å². The van der Waals surface area contributed by atoms with Crippen LogP contribution in [-0.2, 0) is 27.4 Å². The van der Waals surface area contributed by atoms with Gasteiger partial charge in [-0.3, -0.25) is 9.59 Å². The lowest BCUT2D eigenvalue weighted by Gasteiger charge is -2.09. The van der Waals surface area contributed by atoms with E-state index < -0.39 is 0 Å². The summed E-state index contributed by atoms with van der Waals surface area (Å²) in [5.74, 6) is 0.247. The zero-order valence-electron chi connectivity index (χ0n) is 13.2.